The lowest BCUT2D eigenvalue weighted by Crippen LogP contribution is -2.13. The van der Waals surface area contributed by atoms with E-state index in [1.54, 1.807) is 0 Å². The van der Waals surface area contributed by atoms with Gasteiger partial charge in [0.15, 0.2) is 0 Å². The highest BCUT2D eigenvalue weighted by atomic mass is 16.3. The predicted octanol–water partition coefficient (Wildman–Crippen LogP) is 8.54. The number of hydrogen-bond acceptors (Lipinski definition) is 3. The highest BCUT2D eigenvalue weighted by Gasteiger charge is 2.18. The van der Waals surface area contributed by atoms with Crippen LogP contribution in [0.5, 0.6) is 5.75 Å². The SMILES string of the molecule is CC(C)c1cccc(C(C)C)c1NC(C)c1cccc(-c2cccc(-c3ccccc3)c2O)n1. The molecule has 0 fully saturated rings. The molecule has 0 aliphatic carbocycles. The number of rotatable bonds is 7. The zero-order valence-electron chi connectivity index (χ0n) is 20.7. The third-order valence-corrected chi connectivity index (χ3v) is 6.34. The number of phenolic OH excluding ortho intramolecular Hbond substituents is 1. The second kappa shape index (κ2) is 10.1. The van der Waals surface area contributed by atoms with Crippen LogP contribution in [0.2, 0.25) is 0 Å². The van der Waals surface area contributed by atoms with E-state index in [4.69, 9.17) is 4.98 Å². The number of pyridine rings is 1. The van der Waals surface area contributed by atoms with E-state index in [1.807, 2.05) is 66.7 Å². The van der Waals surface area contributed by atoms with Crippen LogP contribution in [0, 0.1) is 0 Å². The predicted molar refractivity (Wildman–Crippen MR) is 143 cm³/mol. The van der Waals surface area contributed by atoms with Gasteiger partial charge in [-0.3, -0.25) is 4.98 Å². The van der Waals surface area contributed by atoms with Gasteiger partial charge < -0.3 is 10.4 Å². The average molecular weight is 451 g/mol. The van der Waals surface area contributed by atoms with Crippen molar-refractivity contribution in [1.29, 1.82) is 0 Å². The van der Waals surface area contributed by atoms with Crippen molar-refractivity contribution < 1.29 is 5.11 Å². The van der Waals surface area contributed by atoms with E-state index >= 15 is 0 Å². The summed E-state index contributed by atoms with van der Waals surface area (Å²) in [6.45, 7) is 11.1. The van der Waals surface area contributed by atoms with Gasteiger partial charge in [-0.2, -0.15) is 0 Å². The lowest BCUT2D eigenvalue weighted by molar-refractivity contribution is 0.479. The van der Waals surface area contributed by atoms with E-state index < -0.39 is 0 Å². The van der Waals surface area contributed by atoms with Crippen LogP contribution >= 0.6 is 0 Å². The molecule has 0 bridgehead atoms. The van der Waals surface area contributed by atoms with Crippen molar-refractivity contribution >= 4 is 5.69 Å². The van der Waals surface area contributed by atoms with Crippen molar-refractivity contribution in [1.82, 2.24) is 4.98 Å². The molecule has 2 N–H and O–H groups in total. The lowest BCUT2D eigenvalue weighted by Gasteiger charge is -2.24. The maximum Gasteiger partial charge on any atom is 0.132 e. The molecular weight excluding hydrogens is 416 g/mol. The number of nitrogens with one attached hydrogen (secondary N) is 1. The molecule has 174 valence electrons. The smallest absolute Gasteiger partial charge is 0.132 e. The summed E-state index contributed by atoms with van der Waals surface area (Å²) >= 11 is 0. The number of nitrogens with zero attached hydrogens (tertiary/aromatic N) is 1. The first-order chi connectivity index (χ1) is 16.4. The monoisotopic (exact) mass is 450 g/mol. The second-order valence-corrected chi connectivity index (χ2v) is 9.50. The number of anilines is 1. The van der Waals surface area contributed by atoms with E-state index in [0.717, 1.165) is 28.1 Å². The standard InChI is InChI=1S/C31H34N2O/c1-20(2)24-14-9-15-25(21(3)4)30(24)32-22(5)28-18-11-19-29(33-28)27-17-10-16-26(31(27)34)23-12-7-6-8-13-23/h6-22,32,34H,1-5H3. The molecule has 4 aromatic rings. The Morgan fingerprint density at radius 1 is 0.647 bits per heavy atom. The molecule has 3 heteroatoms. The maximum absolute atomic E-state index is 11.1. The van der Waals surface area contributed by atoms with Crippen LogP contribution in [0.25, 0.3) is 22.4 Å². The normalized spacial score (nSPS) is 12.2. The minimum atomic E-state index is 0.0109. The Bertz CT molecular complexity index is 1240. The minimum Gasteiger partial charge on any atom is -0.507 e. The fourth-order valence-corrected chi connectivity index (χ4v) is 4.45. The quantitative estimate of drug-likeness (QED) is 0.296. The number of aromatic nitrogens is 1. The van der Waals surface area contributed by atoms with Gasteiger partial charge in [0.25, 0.3) is 0 Å². The number of hydrogen-bond donors (Lipinski definition) is 2. The largest absolute Gasteiger partial charge is 0.507 e. The number of para-hydroxylation sites is 2. The average Bonchev–Trinajstić information content (AvgIpc) is 2.84. The van der Waals surface area contributed by atoms with Gasteiger partial charge in [-0.05, 0) is 53.6 Å². The second-order valence-electron chi connectivity index (χ2n) is 9.50. The summed E-state index contributed by atoms with van der Waals surface area (Å²) in [5.41, 5.74) is 8.09. The Kier molecular flexibility index (Phi) is 7.02. The molecule has 0 spiro atoms. The van der Waals surface area contributed by atoms with Gasteiger partial charge in [0.1, 0.15) is 5.75 Å². The van der Waals surface area contributed by atoms with Gasteiger partial charge in [-0.25, -0.2) is 0 Å². The van der Waals surface area contributed by atoms with E-state index in [9.17, 15) is 5.11 Å². The first kappa shape index (κ1) is 23.6. The molecule has 1 aromatic heterocycles. The summed E-state index contributed by atoms with van der Waals surface area (Å²) in [6, 6.07) is 28.4. The van der Waals surface area contributed by atoms with Crippen LogP contribution in [0.1, 0.15) is 69.3 Å². The van der Waals surface area contributed by atoms with Crippen LogP contribution < -0.4 is 5.32 Å². The first-order valence-corrected chi connectivity index (χ1v) is 12.1. The molecule has 1 unspecified atom stereocenters. The zero-order chi connectivity index (χ0) is 24.2. The van der Waals surface area contributed by atoms with Gasteiger partial charge >= 0.3 is 0 Å². The summed E-state index contributed by atoms with van der Waals surface area (Å²) in [6.07, 6.45) is 0. The van der Waals surface area contributed by atoms with Crippen LogP contribution in [-0.2, 0) is 0 Å². The van der Waals surface area contributed by atoms with Crippen LogP contribution in [0.4, 0.5) is 5.69 Å². The molecule has 3 nitrogen and oxygen atoms in total. The van der Waals surface area contributed by atoms with Gasteiger partial charge in [-0.1, -0.05) is 94.4 Å². The van der Waals surface area contributed by atoms with Gasteiger partial charge in [-0.15, -0.1) is 0 Å². The number of benzene rings is 3. The third-order valence-electron chi connectivity index (χ3n) is 6.34. The molecule has 1 atom stereocenters. The van der Waals surface area contributed by atoms with Crippen molar-refractivity contribution in [3.05, 3.63) is 102 Å². The molecule has 0 radical (unpaired) electrons. The van der Waals surface area contributed by atoms with Crippen LogP contribution in [-0.4, -0.2) is 10.1 Å². The first-order valence-electron chi connectivity index (χ1n) is 12.1. The summed E-state index contributed by atoms with van der Waals surface area (Å²) < 4.78 is 0. The molecule has 3 aromatic carbocycles. The molecule has 0 amide bonds. The topological polar surface area (TPSA) is 45.1 Å². The van der Waals surface area contributed by atoms with E-state index in [1.165, 1.54) is 16.8 Å². The fourth-order valence-electron chi connectivity index (χ4n) is 4.45. The highest BCUT2D eigenvalue weighted by Crippen LogP contribution is 2.38. The molecule has 0 saturated heterocycles. The summed E-state index contributed by atoms with van der Waals surface area (Å²) in [5.74, 6) is 1.10. The van der Waals surface area contributed by atoms with Crippen molar-refractivity contribution in [2.24, 2.45) is 0 Å². The highest BCUT2D eigenvalue weighted by molar-refractivity contribution is 5.80. The van der Waals surface area contributed by atoms with Crippen molar-refractivity contribution in [2.75, 3.05) is 5.32 Å². The van der Waals surface area contributed by atoms with Crippen molar-refractivity contribution in [3.8, 4) is 28.1 Å². The fraction of sp³-hybridized carbons (Fsp3) is 0.258. The van der Waals surface area contributed by atoms with Crippen LogP contribution in [0.15, 0.2) is 84.9 Å². The van der Waals surface area contributed by atoms with Gasteiger partial charge in [0, 0.05) is 16.8 Å². The summed E-state index contributed by atoms with van der Waals surface area (Å²) in [5, 5.41) is 14.9. The number of aromatic hydroxyl groups is 1. The van der Waals surface area contributed by atoms with Crippen LogP contribution in [0.3, 0.4) is 0 Å². The van der Waals surface area contributed by atoms with Gasteiger partial charge in [0.2, 0.25) is 0 Å². The minimum absolute atomic E-state index is 0.0109. The molecule has 0 saturated carbocycles. The van der Waals surface area contributed by atoms with E-state index in [0.29, 0.717) is 11.8 Å². The molecule has 0 aliphatic heterocycles. The molecule has 1 heterocycles. The Balaban J connectivity index is 1.69. The van der Waals surface area contributed by atoms with Gasteiger partial charge in [0.05, 0.1) is 17.4 Å². The Morgan fingerprint density at radius 2 is 1.24 bits per heavy atom. The maximum atomic E-state index is 11.1. The summed E-state index contributed by atoms with van der Waals surface area (Å²) in [7, 11) is 0. The zero-order valence-corrected chi connectivity index (χ0v) is 20.7. The molecule has 4 rings (SSSR count). The number of phenols is 1. The Morgan fingerprint density at radius 3 is 1.88 bits per heavy atom. The van der Waals surface area contributed by atoms with E-state index in [-0.39, 0.29) is 11.8 Å². The van der Waals surface area contributed by atoms with Crippen molar-refractivity contribution in [2.45, 2.75) is 52.5 Å². The summed E-state index contributed by atoms with van der Waals surface area (Å²) in [4.78, 5) is 4.96. The molecule has 0 aliphatic rings. The lowest BCUT2D eigenvalue weighted by atomic mass is 9.92. The van der Waals surface area contributed by atoms with E-state index in [2.05, 4.69) is 58.1 Å². The third kappa shape index (κ3) is 4.84. The Labute approximate surface area is 203 Å². The van der Waals surface area contributed by atoms with Crippen molar-refractivity contribution in [3.63, 3.8) is 0 Å². The molecule has 34 heavy (non-hydrogen) atoms. The molecular formula is C31H34N2O. The Hall–Kier alpha value is -3.59.